The molecule has 0 N–H and O–H groups in total. The predicted octanol–water partition coefficient (Wildman–Crippen LogP) is 4.64. The van der Waals surface area contributed by atoms with E-state index < -0.39 is 0 Å². The van der Waals surface area contributed by atoms with Crippen molar-refractivity contribution in [2.24, 2.45) is 10.2 Å². The fourth-order valence-corrected chi connectivity index (χ4v) is 4.18. The summed E-state index contributed by atoms with van der Waals surface area (Å²) in [5.41, 5.74) is 3.22. The molecule has 0 saturated carbocycles. The molecule has 146 valence electrons. The van der Waals surface area contributed by atoms with E-state index >= 15 is 0 Å². The third-order valence-corrected chi connectivity index (χ3v) is 5.86. The number of ether oxygens (including phenoxy) is 1. The third-order valence-electron chi connectivity index (χ3n) is 4.63. The smallest absolute Gasteiger partial charge is 0.242 e. The van der Waals surface area contributed by atoms with Gasteiger partial charge in [0.1, 0.15) is 5.75 Å². The van der Waals surface area contributed by atoms with E-state index in [0.29, 0.717) is 11.7 Å². The molecule has 1 saturated heterocycles. The normalized spacial score (nSPS) is 18.4. The zero-order valence-electron chi connectivity index (χ0n) is 16.5. The minimum atomic E-state index is -0.0797. The first-order chi connectivity index (χ1) is 13.6. The molecular formula is C22H25N3O2S. The lowest BCUT2D eigenvalue weighted by Gasteiger charge is -2.17. The van der Waals surface area contributed by atoms with Gasteiger partial charge >= 0.3 is 0 Å². The Bertz CT molecular complexity index is 878. The highest BCUT2D eigenvalue weighted by Crippen LogP contribution is 2.32. The summed E-state index contributed by atoms with van der Waals surface area (Å²) in [7, 11) is 1.64. The van der Waals surface area contributed by atoms with Gasteiger partial charge in [0.05, 0.1) is 25.1 Å². The highest BCUT2D eigenvalue weighted by molar-refractivity contribution is 8.15. The molecule has 3 rings (SSSR count). The third kappa shape index (κ3) is 4.81. The Kier molecular flexibility index (Phi) is 6.87. The van der Waals surface area contributed by atoms with E-state index in [2.05, 4.69) is 36.2 Å². The van der Waals surface area contributed by atoms with Gasteiger partial charge in [0, 0.05) is 0 Å². The predicted molar refractivity (Wildman–Crippen MR) is 116 cm³/mol. The van der Waals surface area contributed by atoms with Crippen LogP contribution >= 0.6 is 11.8 Å². The van der Waals surface area contributed by atoms with Crippen molar-refractivity contribution in [3.8, 4) is 5.75 Å². The second-order valence-electron chi connectivity index (χ2n) is 6.65. The second kappa shape index (κ2) is 9.55. The summed E-state index contributed by atoms with van der Waals surface area (Å²) in [5, 5.41) is 9.19. The van der Waals surface area contributed by atoms with Crippen LogP contribution < -0.4 is 4.74 Å². The molecule has 1 fully saturated rings. The Morgan fingerprint density at radius 1 is 1.18 bits per heavy atom. The van der Waals surface area contributed by atoms with Crippen LogP contribution in [0.5, 0.6) is 5.75 Å². The summed E-state index contributed by atoms with van der Waals surface area (Å²) in [6.07, 6.45) is 3.50. The van der Waals surface area contributed by atoms with Crippen molar-refractivity contribution >= 4 is 29.1 Å². The maximum atomic E-state index is 12.9. The molecular weight excluding hydrogens is 370 g/mol. The van der Waals surface area contributed by atoms with Crippen LogP contribution in [0.2, 0.25) is 0 Å². The second-order valence-corrected chi connectivity index (χ2v) is 7.82. The Balaban J connectivity index is 1.80. The molecule has 28 heavy (non-hydrogen) atoms. The van der Waals surface area contributed by atoms with E-state index in [-0.39, 0.29) is 11.2 Å². The number of carbonyl (C=O) groups excluding carboxylic acids is 1. The zero-order valence-corrected chi connectivity index (χ0v) is 17.3. The SMILES string of the molecule is CCC[C@@H]1S/C(=N\N=C/c2ccc(OC)cc2)N(Cc2ccccc2C)C1=O. The minimum Gasteiger partial charge on any atom is -0.497 e. The largest absolute Gasteiger partial charge is 0.497 e. The molecule has 1 atom stereocenters. The van der Waals surface area contributed by atoms with Gasteiger partial charge in [-0.3, -0.25) is 9.69 Å². The lowest BCUT2D eigenvalue weighted by molar-refractivity contribution is -0.126. The van der Waals surface area contributed by atoms with Gasteiger partial charge in [-0.2, -0.15) is 5.10 Å². The number of hydrogen-bond acceptors (Lipinski definition) is 5. The van der Waals surface area contributed by atoms with E-state index in [1.165, 1.54) is 17.3 Å². The van der Waals surface area contributed by atoms with Crippen molar-refractivity contribution in [3.63, 3.8) is 0 Å². The Labute approximate surface area is 170 Å². The van der Waals surface area contributed by atoms with Crippen LogP contribution in [0.25, 0.3) is 0 Å². The molecule has 0 unspecified atom stereocenters. The van der Waals surface area contributed by atoms with Gasteiger partial charge in [-0.05, 0) is 54.3 Å². The van der Waals surface area contributed by atoms with E-state index in [1.807, 2.05) is 36.4 Å². The molecule has 1 aliphatic heterocycles. The van der Waals surface area contributed by atoms with Gasteiger partial charge in [-0.25, -0.2) is 0 Å². The van der Waals surface area contributed by atoms with Crippen molar-refractivity contribution in [2.75, 3.05) is 7.11 Å². The van der Waals surface area contributed by atoms with Crippen LogP contribution in [-0.4, -0.2) is 34.5 Å². The van der Waals surface area contributed by atoms with Crippen molar-refractivity contribution in [3.05, 3.63) is 65.2 Å². The number of rotatable bonds is 7. The maximum Gasteiger partial charge on any atom is 0.242 e. The van der Waals surface area contributed by atoms with Gasteiger partial charge in [0.2, 0.25) is 5.91 Å². The molecule has 5 nitrogen and oxygen atoms in total. The molecule has 1 amide bonds. The number of thioether (sulfide) groups is 1. The van der Waals surface area contributed by atoms with Gasteiger partial charge in [0.25, 0.3) is 0 Å². The first-order valence-electron chi connectivity index (χ1n) is 9.40. The lowest BCUT2D eigenvalue weighted by atomic mass is 10.1. The van der Waals surface area contributed by atoms with Gasteiger partial charge < -0.3 is 4.74 Å². The summed E-state index contributed by atoms with van der Waals surface area (Å²) in [6, 6.07) is 15.7. The van der Waals surface area contributed by atoms with Crippen LogP contribution in [0, 0.1) is 6.92 Å². The Morgan fingerprint density at radius 3 is 2.61 bits per heavy atom. The first-order valence-corrected chi connectivity index (χ1v) is 10.3. The summed E-state index contributed by atoms with van der Waals surface area (Å²) in [4.78, 5) is 14.6. The van der Waals surface area contributed by atoms with Gasteiger partial charge in [0.15, 0.2) is 5.17 Å². The highest BCUT2D eigenvalue weighted by Gasteiger charge is 2.37. The summed E-state index contributed by atoms with van der Waals surface area (Å²) in [5.74, 6) is 0.917. The van der Waals surface area contributed by atoms with Crippen molar-refractivity contribution in [2.45, 2.75) is 38.5 Å². The number of nitrogens with zero attached hydrogens (tertiary/aromatic N) is 3. The van der Waals surface area contributed by atoms with Crippen LogP contribution in [0.15, 0.2) is 58.7 Å². The number of amides is 1. The van der Waals surface area contributed by atoms with Crippen LogP contribution in [0.4, 0.5) is 0 Å². The number of carbonyl (C=O) groups is 1. The quantitative estimate of drug-likeness (QED) is 0.507. The van der Waals surface area contributed by atoms with Crippen molar-refractivity contribution < 1.29 is 9.53 Å². The monoisotopic (exact) mass is 395 g/mol. The average molecular weight is 396 g/mol. The van der Waals surface area contributed by atoms with Crippen LogP contribution in [0.1, 0.15) is 36.5 Å². The van der Waals surface area contributed by atoms with Crippen LogP contribution in [-0.2, 0) is 11.3 Å². The van der Waals surface area contributed by atoms with E-state index in [9.17, 15) is 4.79 Å². The molecule has 6 heteroatoms. The average Bonchev–Trinajstić information content (AvgIpc) is 2.99. The summed E-state index contributed by atoms with van der Waals surface area (Å²) in [6.45, 7) is 4.68. The van der Waals surface area contributed by atoms with Crippen molar-refractivity contribution in [1.82, 2.24) is 4.90 Å². The fraction of sp³-hybridized carbons (Fsp3) is 0.318. The number of hydrogen-bond donors (Lipinski definition) is 0. The number of amidine groups is 1. The van der Waals surface area contributed by atoms with E-state index in [1.54, 1.807) is 18.2 Å². The number of methoxy groups -OCH3 is 1. The molecule has 0 aromatic heterocycles. The Morgan fingerprint density at radius 2 is 1.93 bits per heavy atom. The van der Waals surface area contributed by atoms with E-state index in [0.717, 1.165) is 29.7 Å². The molecule has 1 aliphatic rings. The fourth-order valence-electron chi connectivity index (χ4n) is 2.97. The molecule has 2 aromatic carbocycles. The van der Waals surface area contributed by atoms with Crippen LogP contribution in [0.3, 0.4) is 0 Å². The van der Waals surface area contributed by atoms with Gasteiger partial charge in [-0.1, -0.05) is 49.4 Å². The molecule has 0 bridgehead atoms. The molecule has 0 aliphatic carbocycles. The summed E-state index contributed by atoms with van der Waals surface area (Å²) >= 11 is 1.51. The molecule has 0 spiro atoms. The zero-order chi connectivity index (χ0) is 19.9. The van der Waals surface area contributed by atoms with Gasteiger partial charge in [-0.15, -0.1) is 5.10 Å². The minimum absolute atomic E-state index is 0.0797. The summed E-state index contributed by atoms with van der Waals surface area (Å²) < 4.78 is 5.16. The Hall–Kier alpha value is -2.60. The number of benzene rings is 2. The van der Waals surface area contributed by atoms with E-state index in [4.69, 9.17) is 4.74 Å². The highest BCUT2D eigenvalue weighted by atomic mass is 32.2. The standard InChI is InChI=1S/C22H25N3O2S/c1-4-7-20-21(26)25(15-18-9-6-5-8-16(18)2)22(28-20)24-23-14-17-10-12-19(27-3)13-11-17/h5-6,8-14,20H,4,7,15H2,1-3H3/b23-14-,24-22-/t20-/m0/s1. The first kappa shape index (κ1) is 20.1. The molecule has 0 radical (unpaired) electrons. The molecule has 1 heterocycles. The topological polar surface area (TPSA) is 54.3 Å². The maximum absolute atomic E-state index is 12.9. The van der Waals surface area contributed by atoms with Crippen molar-refractivity contribution in [1.29, 1.82) is 0 Å². The number of aryl methyl sites for hydroxylation is 1. The molecule has 2 aromatic rings. The lowest BCUT2D eigenvalue weighted by Crippen LogP contribution is -2.31.